The van der Waals surface area contributed by atoms with Crippen LogP contribution in [-0.2, 0) is 29.4 Å². The fraction of sp³-hybridized carbons (Fsp3) is 0.269. The summed E-state index contributed by atoms with van der Waals surface area (Å²) in [4.78, 5) is 12.4. The lowest BCUT2D eigenvalue weighted by atomic mass is 10.0. The number of esters is 1. The van der Waals surface area contributed by atoms with Crippen molar-refractivity contribution in [3.8, 4) is 11.1 Å². The summed E-state index contributed by atoms with van der Waals surface area (Å²) in [6.45, 7) is 3.78. The van der Waals surface area contributed by atoms with E-state index in [2.05, 4.69) is 4.72 Å². The highest BCUT2D eigenvalue weighted by molar-refractivity contribution is 7.90. The average molecular weight is 530 g/mol. The van der Waals surface area contributed by atoms with E-state index in [1.54, 1.807) is 30.3 Å². The first-order valence-corrected chi connectivity index (χ1v) is 14.6. The number of hydrogen-bond acceptors (Lipinski definition) is 7. The highest BCUT2D eigenvalue weighted by Gasteiger charge is 2.27. The van der Waals surface area contributed by atoms with Gasteiger partial charge < -0.3 is 9.15 Å². The summed E-state index contributed by atoms with van der Waals surface area (Å²) in [5.74, 6) is -0.562. The van der Waals surface area contributed by atoms with Gasteiger partial charge in [-0.2, -0.15) is 4.72 Å². The lowest BCUT2D eigenvalue weighted by molar-refractivity contribution is -0.143. The van der Waals surface area contributed by atoms with Crippen molar-refractivity contribution in [2.45, 2.75) is 36.1 Å². The second-order valence-electron chi connectivity index (χ2n) is 9.09. The number of carbonyl (C=O) groups is 1. The minimum Gasteiger partial charge on any atom is -0.468 e. The number of rotatable bonds is 8. The molecular formula is C26H27NO7S2. The van der Waals surface area contributed by atoms with E-state index < -0.39 is 31.9 Å². The average Bonchev–Trinajstić information content (AvgIpc) is 3.19. The predicted molar refractivity (Wildman–Crippen MR) is 138 cm³/mol. The molecule has 0 aliphatic heterocycles. The molecule has 1 atom stereocenters. The van der Waals surface area contributed by atoms with Crippen molar-refractivity contribution in [1.82, 2.24) is 4.72 Å². The van der Waals surface area contributed by atoms with Gasteiger partial charge in [0.05, 0.1) is 16.9 Å². The van der Waals surface area contributed by atoms with Crippen molar-refractivity contribution in [3.05, 3.63) is 60.7 Å². The van der Waals surface area contributed by atoms with E-state index in [9.17, 15) is 21.6 Å². The Morgan fingerprint density at radius 3 is 2.11 bits per heavy atom. The van der Waals surface area contributed by atoms with Gasteiger partial charge in [0.2, 0.25) is 10.0 Å². The maximum Gasteiger partial charge on any atom is 0.323 e. The molecule has 0 spiro atoms. The molecule has 0 saturated heterocycles. The van der Waals surface area contributed by atoms with Gasteiger partial charge in [0.25, 0.3) is 0 Å². The van der Waals surface area contributed by atoms with Gasteiger partial charge in [0, 0.05) is 17.0 Å². The summed E-state index contributed by atoms with van der Waals surface area (Å²) in [5.41, 5.74) is 2.71. The van der Waals surface area contributed by atoms with Crippen molar-refractivity contribution in [1.29, 1.82) is 0 Å². The molecule has 4 aromatic rings. The number of ether oxygens (including phenoxy) is 1. The molecule has 4 rings (SSSR count). The Bertz CT molecular complexity index is 1650. The smallest absolute Gasteiger partial charge is 0.323 e. The van der Waals surface area contributed by atoms with Crippen LogP contribution >= 0.6 is 0 Å². The molecule has 0 saturated carbocycles. The number of carbonyl (C=O) groups excluding carboxylic acids is 1. The van der Waals surface area contributed by atoms with Crippen LogP contribution in [0.5, 0.6) is 0 Å². The molecule has 0 unspecified atom stereocenters. The van der Waals surface area contributed by atoms with Crippen LogP contribution in [0.3, 0.4) is 0 Å². The Balaban J connectivity index is 1.70. The van der Waals surface area contributed by atoms with Crippen molar-refractivity contribution < 1.29 is 30.8 Å². The monoisotopic (exact) mass is 529 g/mol. The molecule has 10 heteroatoms. The molecular weight excluding hydrogens is 502 g/mol. The van der Waals surface area contributed by atoms with E-state index >= 15 is 0 Å². The van der Waals surface area contributed by atoms with Crippen LogP contribution in [0.2, 0.25) is 0 Å². The fourth-order valence-electron chi connectivity index (χ4n) is 4.06. The minimum absolute atomic E-state index is 0.01000. The van der Waals surface area contributed by atoms with E-state index in [-0.39, 0.29) is 15.7 Å². The number of nitrogens with one attached hydrogen (secondary N) is 1. The lowest BCUT2D eigenvalue weighted by Gasteiger charge is -2.18. The molecule has 8 nitrogen and oxygen atoms in total. The molecule has 0 amide bonds. The van der Waals surface area contributed by atoms with E-state index in [1.165, 1.54) is 19.2 Å². The minimum atomic E-state index is -4.01. The van der Waals surface area contributed by atoms with Gasteiger partial charge in [0.15, 0.2) is 9.84 Å². The van der Waals surface area contributed by atoms with E-state index in [0.29, 0.717) is 23.0 Å². The predicted octanol–water partition coefficient (Wildman–Crippen LogP) is 4.52. The maximum atomic E-state index is 13.1. The summed E-state index contributed by atoms with van der Waals surface area (Å²) >= 11 is 0. The van der Waals surface area contributed by atoms with E-state index in [1.807, 2.05) is 32.0 Å². The molecule has 190 valence electrons. The molecule has 0 aliphatic rings. The fourth-order valence-corrected chi connectivity index (χ4v) is 5.91. The standard InChI is InChI=1S/C26H27NO7S2/c1-16(2)13-23(26(28)33-3)27-36(31,32)20-10-12-24-22(15-20)21-11-7-18(14-25(21)34-24)17-5-8-19(9-6-17)35(4,29)30/h5-12,14-16,23,27H,13H2,1-4H3/t23-/m0/s1. The third-order valence-electron chi connectivity index (χ3n) is 5.86. The van der Waals surface area contributed by atoms with Gasteiger partial charge in [-0.1, -0.05) is 32.0 Å². The van der Waals surface area contributed by atoms with Crippen LogP contribution < -0.4 is 4.72 Å². The summed E-state index contributed by atoms with van der Waals surface area (Å²) in [5, 5.41) is 1.34. The summed E-state index contributed by atoms with van der Waals surface area (Å²) in [6, 6.07) is 15.6. The van der Waals surface area contributed by atoms with Crippen molar-refractivity contribution in [3.63, 3.8) is 0 Å². The second-order valence-corrected chi connectivity index (χ2v) is 12.8. The number of benzene rings is 3. The number of fused-ring (bicyclic) bond motifs is 3. The quantitative estimate of drug-likeness (QED) is 0.333. The number of sulfonamides is 1. The molecule has 1 aromatic heterocycles. The zero-order valence-corrected chi connectivity index (χ0v) is 21.9. The first kappa shape index (κ1) is 25.9. The lowest BCUT2D eigenvalue weighted by Crippen LogP contribution is -2.42. The van der Waals surface area contributed by atoms with Gasteiger partial charge in [-0.05, 0) is 65.9 Å². The Kier molecular flexibility index (Phi) is 6.96. The van der Waals surface area contributed by atoms with Crippen molar-refractivity contribution >= 4 is 47.8 Å². The Morgan fingerprint density at radius 2 is 1.50 bits per heavy atom. The third kappa shape index (κ3) is 5.30. The van der Waals surface area contributed by atoms with Crippen LogP contribution in [0, 0.1) is 5.92 Å². The van der Waals surface area contributed by atoms with Crippen LogP contribution in [0.1, 0.15) is 20.3 Å². The van der Waals surface area contributed by atoms with Crippen LogP contribution in [0.15, 0.2) is 74.9 Å². The topological polar surface area (TPSA) is 120 Å². The molecule has 1 N–H and O–H groups in total. The largest absolute Gasteiger partial charge is 0.468 e. The highest BCUT2D eigenvalue weighted by atomic mass is 32.2. The summed E-state index contributed by atoms with van der Waals surface area (Å²) in [7, 11) is -6.07. The maximum absolute atomic E-state index is 13.1. The SMILES string of the molecule is COC(=O)[C@H](CC(C)C)NS(=O)(=O)c1ccc2oc3cc(-c4ccc(S(C)(=O)=O)cc4)ccc3c2c1. The van der Waals surface area contributed by atoms with Gasteiger partial charge in [-0.3, -0.25) is 4.79 Å². The number of methoxy groups -OCH3 is 1. The molecule has 0 aliphatic carbocycles. The van der Waals surface area contributed by atoms with E-state index in [0.717, 1.165) is 22.8 Å². The first-order valence-electron chi connectivity index (χ1n) is 11.3. The third-order valence-corrected chi connectivity index (χ3v) is 8.46. The van der Waals surface area contributed by atoms with Crippen LogP contribution in [0.25, 0.3) is 33.1 Å². The number of sulfone groups is 1. The Labute approximate surface area is 210 Å². The number of furan rings is 1. The normalized spacial score (nSPS) is 13.4. The number of hydrogen-bond donors (Lipinski definition) is 1. The van der Waals surface area contributed by atoms with E-state index in [4.69, 9.17) is 9.15 Å². The summed E-state index contributed by atoms with van der Waals surface area (Å²) in [6.07, 6.45) is 1.46. The summed E-state index contributed by atoms with van der Waals surface area (Å²) < 4.78 is 62.8. The molecule has 0 fully saturated rings. The second kappa shape index (κ2) is 9.68. The van der Waals surface area contributed by atoms with Crippen LogP contribution in [-0.4, -0.2) is 42.2 Å². The molecule has 0 bridgehead atoms. The Morgan fingerprint density at radius 1 is 0.861 bits per heavy atom. The molecule has 3 aromatic carbocycles. The first-order chi connectivity index (χ1) is 16.9. The Hall–Kier alpha value is -3.21. The van der Waals surface area contributed by atoms with Gasteiger partial charge in [-0.15, -0.1) is 0 Å². The molecule has 36 heavy (non-hydrogen) atoms. The molecule has 0 radical (unpaired) electrons. The van der Waals surface area contributed by atoms with Gasteiger partial charge in [-0.25, -0.2) is 16.8 Å². The zero-order valence-electron chi connectivity index (χ0n) is 20.3. The van der Waals surface area contributed by atoms with Crippen LogP contribution in [0.4, 0.5) is 0 Å². The van der Waals surface area contributed by atoms with Gasteiger partial charge in [0.1, 0.15) is 17.2 Å². The highest BCUT2D eigenvalue weighted by Crippen LogP contribution is 2.34. The van der Waals surface area contributed by atoms with Crippen molar-refractivity contribution in [2.75, 3.05) is 13.4 Å². The zero-order chi connectivity index (χ0) is 26.3. The molecule has 1 heterocycles. The van der Waals surface area contributed by atoms with Crippen molar-refractivity contribution in [2.24, 2.45) is 5.92 Å². The van der Waals surface area contributed by atoms with Gasteiger partial charge >= 0.3 is 5.97 Å².